The molecule has 0 bridgehead atoms. The van der Waals surface area contributed by atoms with Gasteiger partial charge in [-0.1, -0.05) is 67.1 Å². The number of carbonyl (C=O) groups is 1. The third-order valence-electron chi connectivity index (χ3n) is 3.62. The summed E-state index contributed by atoms with van der Waals surface area (Å²) < 4.78 is 1.09. The van der Waals surface area contributed by atoms with Crippen molar-refractivity contribution in [3.63, 3.8) is 0 Å². The Morgan fingerprint density at radius 1 is 1.14 bits per heavy atom. The van der Waals surface area contributed by atoms with Crippen LogP contribution in [0.2, 0.25) is 0 Å². The van der Waals surface area contributed by atoms with Gasteiger partial charge in [-0.15, -0.1) is 0 Å². The molecule has 22 heavy (non-hydrogen) atoms. The maximum Gasteiger partial charge on any atom is 0.233 e. The highest BCUT2D eigenvalue weighted by Gasteiger charge is 2.20. The van der Waals surface area contributed by atoms with Crippen molar-refractivity contribution in [1.82, 2.24) is 4.98 Å². The van der Waals surface area contributed by atoms with E-state index in [4.69, 9.17) is 0 Å². The topological polar surface area (TPSA) is 42.0 Å². The van der Waals surface area contributed by atoms with E-state index in [-0.39, 0.29) is 11.8 Å². The molecule has 3 aromatic rings. The molecule has 0 spiro atoms. The van der Waals surface area contributed by atoms with Crippen LogP contribution in [0.5, 0.6) is 0 Å². The molecule has 0 radical (unpaired) electrons. The van der Waals surface area contributed by atoms with Gasteiger partial charge in [0.2, 0.25) is 5.91 Å². The lowest BCUT2D eigenvalue weighted by molar-refractivity contribution is -0.117. The Labute approximate surface area is 134 Å². The van der Waals surface area contributed by atoms with Gasteiger partial charge in [0.1, 0.15) is 0 Å². The molecule has 112 valence electrons. The van der Waals surface area contributed by atoms with Crippen molar-refractivity contribution in [3.05, 3.63) is 60.2 Å². The summed E-state index contributed by atoms with van der Waals surface area (Å²) in [4.78, 5) is 17.1. The fraction of sp³-hybridized carbons (Fsp3) is 0.222. The van der Waals surface area contributed by atoms with Gasteiger partial charge in [0.25, 0.3) is 0 Å². The summed E-state index contributed by atoms with van der Waals surface area (Å²) in [5.74, 6) is -0.106. The van der Waals surface area contributed by atoms with Gasteiger partial charge < -0.3 is 5.32 Å². The van der Waals surface area contributed by atoms with Gasteiger partial charge in [-0.25, -0.2) is 4.98 Å². The fourth-order valence-electron chi connectivity index (χ4n) is 2.54. The molecule has 0 aliphatic carbocycles. The number of rotatable bonds is 5. The summed E-state index contributed by atoms with van der Waals surface area (Å²) in [6.45, 7) is 2.10. The van der Waals surface area contributed by atoms with E-state index in [0.717, 1.165) is 28.6 Å². The molecular weight excluding hydrogens is 292 g/mol. The molecular formula is C18H18N2OS. The van der Waals surface area contributed by atoms with Gasteiger partial charge in [-0.05, 0) is 24.1 Å². The quantitative estimate of drug-likeness (QED) is 0.734. The molecule has 0 fully saturated rings. The number of thiazole rings is 1. The Hall–Kier alpha value is -2.20. The first kappa shape index (κ1) is 14.7. The molecule has 2 aromatic carbocycles. The van der Waals surface area contributed by atoms with Gasteiger partial charge in [0.15, 0.2) is 5.13 Å². The highest BCUT2D eigenvalue weighted by atomic mass is 32.1. The van der Waals surface area contributed by atoms with Crippen molar-refractivity contribution in [3.8, 4) is 0 Å². The highest BCUT2D eigenvalue weighted by molar-refractivity contribution is 7.22. The number of amides is 1. The summed E-state index contributed by atoms with van der Waals surface area (Å²) in [5.41, 5.74) is 1.98. The lowest BCUT2D eigenvalue weighted by atomic mass is 9.94. The van der Waals surface area contributed by atoms with Gasteiger partial charge in [-0.2, -0.15) is 0 Å². The maximum atomic E-state index is 12.6. The molecule has 0 unspecified atom stereocenters. The minimum Gasteiger partial charge on any atom is -0.301 e. The van der Waals surface area contributed by atoms with Crippen molar-refractivity contribution in [2.75, 3.05) is 5.32 Å². The first-order valence-electron chi connectivity index (χ1n) is 7.49. The number of nitrogens with one attached hydrogen (secondary N) is 1. The van der Waals surface area contributed by atoms with Gasteiger partial charge in [0.05, 0.1) is 16.1 Å². The first-order valence-corrected chi connectivity index (χ1v) is 8.31. The van der Waals surface area contributed by atoms with Crippen molar-refractivity contribution in [2.45, 2.75) is 25.7 Å². The lowest BCUT2D eigenvalue weighted by Crippen LogP contribution is -2.21. The molecule has 4 heteroatoms. The van der Waals surface area contributed by atoms with Crippen molar-refractivity contribution in [2.24, 2.45) is 0 Å². The summed E-state index contributed by atoms with van der Waals surface area (Å²) in [6, 6.07) is 17.9. The lowest BCUT2D eigenvalue weighted by Gasteiger charge is -2.15. The van der Waals surface area contributed by atoms with E-state index in [1.807, 2.05) is 54.6 Å². The number of para-hydroxylation sites is 1. The summed E-state index contributed by atoms with van der Waals surface area (Å²) in [5, 5.41) is 3.65. The monoisotopic (exact) mass is 310 g/mol. The molecule has 1 heterocycles. The van der Waals surface area contributed by atoms with Crippen LogP contribution in [0, 0.1) is 0 Å². The Balaban J connectivity index is 1.81. The Bertz CT molecular complexity index is 734. The average Bonchev–Trinajstić information content (AvgIpc) is 2.95. The second-order valence-electron chi connectivity index (χ2n) is 5.23. The SMILES string of the molecule is CCC[C@H](C(=O)Nc1nc2ccccc2s1)c1ccccc1. The molecule has 0 aliphatic rings. The van der Waals surface area contributed by atoms with Crippen LogP contribution in [0.1, 0.15) is 31.2 Å². The summed E-state index contributed by atoms with van der Waals surface area (Å²) >= 11 is 1.51. The number of nitrogens with zero attached hydrogens (tertiary/aromatic N) is 1. The summed E-state index contributed by atoms with van der Waals surface area (Å²) in [6.07, 6.45) is 1.80. The van der Waals surface area contributed by atoms with Gasteiger partial charge in [0, 0.05) is 0 Å². The first-order chi connectivity index (χ1) is 10.8. The number of anilines is 1. The zero-order valence-electron chi connectivity index (χ0n) is 12.5. The number of hydrogen-bond acceptors (Lipinski definition) is 3. The van der Waals surface area contributed by atoms with Crippen LogP contribution in [0.3, 0.4) is 0 Å². The Kier molecular flexibility index (Phi) is 4.49. The second-order valence-corrected chi connectivity index (χ2v) is 6.26. The average molecular weight is 310 g/mol. The number of fused-ring (bicyclic) bond motifs is 1. The molecule has 0 saturated carbocycles. The Morgan fingerprint density at radius 3 is 2.59 bits per heavy atom. The third kappa shape index (κ3) is 3.17. The number of hydrogen-bond donors (Lipinski definition) is 1. The standard InChI is InChI=1S/C18H18N2OS/c1-2-8-14(13-9-4-3-5-10-13)17(21)20-18-19-15-11-6-7-12-16(15)22-18/h3-7,9-12,14H,2,8H2,1H3,(H,19,20,21)/t14-/m0/s1. The zero-order valence-corrected chi connectivity index (χ0v) is 13.3. The van der Waals surface area contributed by atoms with Crippen LogP contribution in [0.15, 0.2) is 54.6 Å². The second kappa shape index (κ2) is 6.71. The Morgan fingerprint density at radius 2 is 1.86 bits per heavy atom. The van der Waals surface area contributed by atoms with Crippen molar-refractivity contribution >= 4 is 32.6 Å². The maximum absolute atomic E-state index is 12.6. The van der Waals surface area contributed by atoms with Gasteiger partial charge in [-0.3, -0.25) is 4.79 Å². The van der Waals surface area contributed by atoms with Crippen LogP contribution in [-0.2, 0) is 4.79 Å². The van der Waals surface area contributed by atoms with Crippen LogP contribution < -0.4 is 5.32 Å². The number of aromatic nitrogens is 1. The van der Waals surface area contributed by atoms with Crippen molar-refractivity contribution < 1.29 is 4.79 Å². The molecule has 1 amide bonds. The normalized spacial score (nSPS) is 12.2. The molecule has 1 aromatic heterocycles. The minimum absolute atomic E-state index is 0.0205. The van der Waals surface area contributed by atoms with Crippen LogP contribution in [0.4, 0.5) is 5.13 Å². The van der Waals surface area contributed by atoms with E-state index in [0.29, 0.717) is 5.13 Å². The molecule has 3 nitrogen and oxygen atoms in total. The molecule has 0 saturated heterocycles. The van der Waals surface area contributed by atoms with E-state index in [1.165, 1.54) is 11.3 Å². The third-order valence-corrected chi connectivity index (χ3v) is 4.57. The fourth-order valence-corrected chi connectivity index (χ4v) is 3.41. The predicted octanol–water partition coefficient (Wildman–Crippen LogP) is 4.82. The van der Waals surface area contributed by atoms with Crippen LogP contribution in [-0.4, -0.2) is 10.9 Å². The van der Waals surface area contributed by atoms with Crippen LogP contribution in [0.25, 0.3) is 10.2 Å². The number of benzene rings is 2. The molecule has 0 aliphatic heterocycles. The largest absolute Gasteiger partial charge is 0.301 e. The highest BCUT2D eigenvalue weighted by Crippen LogP contribution is 2.28. The molecule has 3 rings (SSSR count). The van der Waals surface area contributed by atoms with E-state index in [1.54, 1.807) is 0 Å². The van der Waals surface area contributed by atoms with Gasteiger partial charge >= 0.3 is 0 Å². The molecule has 1 N–H and O–H groups in total. The van der Waals surface area contributed by atoms with Crippen molar-refractivity contribution in [1.29, 1.82) is 0 Å². The minimum atomic E-state index is -0.127. The summed E-state index contributed by atoms with van der Waals surface area (Å²) in [7, 11) is 0. The van der Waals surface area contributed by atoms with E-state index < -0.39 is 0 Å². The van der Waals surface area contributed by atoms with E-state index in [2.05, 4.69) is 17.2 Å². The zero-order chi connectivity index (χ0) is 15.4. The number of carbonyl (C=O) groups excluding carboxylic acids is 1. The van der Waals surface area contributed by atoms with Crippen LogP contribution >= 0.6 is 11.3 Å². The molecule has 1 atom stereocenters. The predicted molar refractivity (Wildman–Crippen MR) is 92.3 cm³/mol. The smallest absolute Gasteiger partial charge is 0.233 e. The van der Waals surface area contributed by atoms with E-state index in [9.17, 15) is 4.79 Å². The van der Waals surface area contributed by atoms with E-state index >= 15 is 0 Å².